The molecular weight excluding hydrogens is 190 g/mol. The Morgan fingerprint density at radius 2 is 2.00 bits per heavy atom. The molecule has 1 atom stereocenters. The summed E-state index contributed by atoms with van der Waals surface area (Å²) in [5, 5.41) is 9.14. The molecule has 0 aromatic carbocycles. The van der Waals surface area contributed by atoms with E-state index in [1.807, 2.05) is 6.92 Å². The number of aliphatic hydroxyl groups is 1. The Morgan fingerprint density at radius 1 is 1.33 bits per heavy atom. The van der Waals surface area contributed by atoms with E-state index in [-0.39, 0.29) is 6.10 Å². The molecule has 0 saturated carbocycles. The SMILES string of the molecule is CC(O)CCCCN(C)C1CCOCC1. The summed E-state index contributed by atoms with van der Waals surface area (Å²) in [6.07, 6.45) is 5.46. The van der Waals surface area contributed by atoms with E-state index in [9.17, 15) is 0 Å². The van der Waals surface area contributed by atoms with Gasteiger partial charge in [-0.25, -0.2) is 0 Å². The lowest BCUT2D eigenvalue weighted by Crippen LogP contribution is -2.37. The predicted molar refractivity (Wildman–Crippen MR) is 62.0 cm³/mol. The second kappa shape index (κ2) is 7.20. The highest BCUT2D eigenvalue weighted by atomic mass is 16.5. The van der Waals surface area contributed by atoms with Crippen molar-refractivity contribution >= 4 is 0 Å². The maximum Gasteiger partial charge on any atom is 0.0512 e. The van der Waals surface area contributed by atoms with Crippen molar-refractivity contribution in [3.8, 4) is 0 Å². The van der Waals surface area contributed by atoms with Crippen molar-refractivity contribution in [3.05, 3.63) is 0 Å². The lowest BCUT2D eigenvalue weighted by molar-refractivity contribution is 0.0423. The highest BCUT2D eigenvalue weighted by molar-refractivity contribution is 4.71. The smallest absolute Gasteiger partial charge is 0.0512 e. The first kappa shape index (κ1) is 12.9. The van der Waals surface area contributed by atoms with Crippen molar-refractivity contribution in [3.63, 3.8) is 0 Å². The van der Waals surface area contributed by atoms with E-state index >= 15 is 0 Å². The van der Waals surface area contributed by atoms with Crippen LogP contribution in [0, 0.1) is 0 Å². The Morgan fingerprint density at radius 3 is 2.60 bits per heavy atom. The standard InChI is InChI=1S/C12H25NO2/c1-11(14)5-3-4-8-13(2)12-6-9-15-10-7-12/h11-12,14H,3-10H2,1-2H3. The molecule has 0 bridgehead atoms. The molecule has 1 N–H and O–H groups in total. The van der Waals surface area contributed by atoms with Gasteiger partial charge in [-0.1, -0.05) is 0 Å². The van der Waals surface area contributed by atoms with Gasteiger partial charge in [0, 0.05) is 19.3 Å². The predicted octanol–water partition coefficient (Wildman–Crippen LogP) is 1.65. The molecule has 0 spiro atoms. The minimum atomic E-state index is -0.140. The largest absolute Gasteiger partial charge is 0.393 e. The molecule has 1 unspecified atom stereocenters. The van der Waals surface area contributed by atoms with E-state index in [1.54, 1.807) is 0 Å². The Hall–Kier alpha value is -0.120. The van der Waals surface area contributed by atoms with Gasteiger partial charge in [-0.3, -0.25) is 0 Å². The maximum atomic E-state index is 9.14. The van der Waals surface area contributed by atoms with Crippen molar-refractivity contribution in [2.75, 3.05) is 26.8 Å². The third-order valence-corrected chi connectivity index (χ3v) is 3.20. The van der Waals surface area contributed by atoms with Gasteiger partial charge in [0.15, 0.2) is 0 Å². The fraction of sp³-hybridized carbons (Fsp3) is 1.00. The molecule has 1 aliphatic heterocycles. The number of hydrogen-bond donors (Lipinski definition) is 1. The molecule has 3 heteroatoms. The first-order chi connectivity index (χ1) is 7.20. The van der Waals surface area contributed by atoms with Crippen molar-refractivity contribution in [1.82, 2.24) is 4.90 Å². The molecule has 90 valence electrons. The molecule has 3 nitrogen and oxygen atoms in total. The summed E-state index contributed by atoms with van der Waals surface area (Å²) >= 11 is 0. The molecule has 1 fully saturated rings. The number of nitrogens with zero attached hydrogens (tertiary/aromatic N) is 1. The summed E-state index contributed by atoms with van der Waals surface area (Å²) in [6, 6.07) is 0.713. The topological polar surface area (TPSA) is 32.7 Å². The Labute approximate surface area is 93.4 Å². The first-order valence-electron chi connectivity index (χ1n) is 6.16. The fourth-order valence-corrected chi connectivity index (χ4v) is 2.11. The zero-order valence-corrected chi connectivity index (χ0v) is 10.1. The van der Waals surface area contributed by atoms with Crippen LogP contribution in [0.1, 0.15) is 39.0 Å². The zero-order valence-electron chi connectivity index (χ0n) is 10.1. The van der Waals surface area contributed by atoms with E-state index < -0.39 is 0 Å². The van der Waals surface area contributed by atoms with Crippen LogP contribution in [-0.4, -0.2) is 49.0 Å². The molecule has 0 aromatic rings. The highest BCUT2D eigenvalue weighted by Gasteiger charge is 2.17. The highest BCUT2D eigenvalue weighted by Crippen LogP contribution is 2.13. The molecule has 1 aliphatic rings. The van der Waals surface area contributed by atoms with Gasteiger partial charge in [0.25, 0.3) is 0 Å². The lowest BCUT2D eigenvalue weighted by atomic mass is 10.1. The van der Waals surface area contributed by atoms with Crippen molar-refractivity contribution < 1.29 is 9.84 Å². The van der Waals surface area contributed by atoms with Crippen molar-refractivity contribution in [2.24, 2.45) is 0 Å². The van der Waals surface area contributed by atoms with Gasteiger partial charge in [0.1, 0.15) is 0 Å². The number of rotatable bonds is 6. The second-order valence-electron chi connectivity index (χ2n) is 4.67. The molecule has 0 radical (unpaired) electrons. The van der Waals surface area contributed by atoms with Crippen molar-refractivity contribution in [2.45, 2.75) is 51.2 Å². The van der Waals surface area contributed by atoms with Crippen LogP contribution in [-0.2, 0) is 4.74 Å². The average molecular weight is 215 g/mol. The van der Waals surface area contributed by atoms with E-state index in [1.165, 1.54) is 19.3 Å². The van der Waals surface area contributed by atoms with Gasteiger partial charge in [-0.15, -0.1) is 0 Å². The van der Waals surface area contributed by atoms with Crippen LogP contribution in [0.15, 0.2) is 0 Å². The molecule has 15 heavy (non-hydrogen) atoms. The quantitative estimate of drug-likeness (QED) is 0.684. The van der Waals surface area contributed by atoms with Crippen LogP contribution in [0.3, 0.4) is 0 Å². The lowest BCUT2D eigenvalue weighted by Gasteiger charge is -2.31. The van der Waals surface area contributed by atoms with Crippen LogP contribution < -0.4 is 0 Å². The molecule has 1 saturated heterocycles. The summed E-state index contributed by atoms with van der Waals surface area (Å²) < 4.78 is 5.35. The molecule has 0 aliphatic carbocycles. The minimum absolute atomic E-state index is 0.140. The van der Waals surface area contributed by atoms with Gasteiger partial charge in [-0.05, 0) is 52.6 Å². The van der Waals surface area contributed by atoms with E-state index in [4.69, 9.17) is 9.84 Å². The average Bonchev–Trinajstić information content (AvgIpc) is 2.25. The van der Waals surface area contributed by atoms with Crippen LogP contribution in [0.25, 0.3) is 0 Å². The summed E-state index contributed by atoms with van der Waals surface area (Å²) in [4.78, 5) is 2.45. The number of unbranched alkanes of at least 4 members (excludes halogenated alkanes) is 1. The van der Waals surface area contributed by atoms with Gasteiger partial charge in [0.05, 0.1) is 6.10 Å². The Kier molecular flexibility index (Phi) is 6.22. The normalized spacial score (nSPS) is 20.8. The van der Waals surface area contributed by atoms with Gasteiger partial charge in [0.2, 0.25) is 0 Å². The number of hydrogen-bond acceptors (Lipinski definition) is 3. The third kappa shape index (κ3) is 5.50. The second-order valence-corrected chi connectivity index (χ2v) is 4.67. The van der Waals surface area contributed by atoms with Crippen LogP contribution in [0.5, 0.6) is 0 Å². The summed E-state index contributed by atoms with van der Waals surface area (Å²) in [6.45, 7) is 4.85. The van der Waals surface area contributed by atoms with E-state index in [0.29, 0.717) is 6.04 Å². The maximum absolute atomic E-state index is 9.14. The van der Waals surface area contributed by atoms with Crippen molar-refractivity contribution in [1.29, 1.82) is 0 Å². The van der Waals surface area contributed by atoms with Crippen LogP contribution >= 0.6 is 0 Å². The molecule has 0 aromatic heterocycles. The molecular formula is C12H25NO2. The zero-order chi connectivity index (χ0) is 11.1. The molecule has 1 rings (SSSR count). The number of ether oxygens (including phenoxy) is 1. The molecule has 0 amide bonds. The molecule has 1 heterocycles. The third-order valence-electron chi connectivity index (χ3n) is 3.20. The Balaban J connectivity index is 2.04. The van der Waals surface area contributed by atoms with E-state index in [2.05, 4.69) is 11.9 Å². The van der Waals surface area contributed by atoms with Gasteiger partial charge >= 0.3 is 0 Å². The fourth-order valence-electron chi connectivity index (χ4n) is 2.11. The summed E-state index contributed by atoms with van der Waals surface area (Å²) in [5.74, 6) is 0. The van der Waals surface area contributed by atoms with E-state index in [0.717, 1.165) is 32.6 Å². The summed E-state index contributed by atoms with van der Waals surface area (Å²) in [7, 11) is 2.21. The summed E-state index contributed by atoms with van der Waals surface area (Å²) in [5.41, 5.74) is 0. The van der Waals surface area contributed by atoms with Gasteiger partial charge < -0.3 is 14.7 Å². The monoisotopic (exact) mass is 215 g/mol. The minimum Gasteiger partial charge on any atom is -0.393 e. The van der Waals surface area contributed by atoms with Crippen LogP contribution in [0.4, 0.5) is 0 Å². The number of aliphatic hydroxyl groups excluding tert-OH is 1. The van der Waals surface area contributed by atoms with Crippen LogP contribution in [0.2, 0.25) is 0 Å². The van der Waals surface area contributed by atoms with Gasteiger partial charge in [-0.2, -0.15) is 0 Å². The Bertz CT molecular complexity index is 156. The first-order valence-corrected chi connectivity index (χ1v) is 6.16.